The molecule has 60 valence electrons. The molecular weight excluding hydrogens is 230 g/mol. The molecule has 0 rings (SSSR count). The van der Waals surface area contributed by atoms with Crippen LogP contribution in [0.25, 0.3) is 0 Å². The largest absolute Gasteiger partial charge is 1.00 e. The standard InChI is InChI=1S/C2H4O6S2.2Na/c3-9(4,5)1-2-10(6,7)8;;/h1-2H,(H,3,4,5)(H,6,7,8);;/q;2*+1/p-2. The third kappa shape index (κ3) is 17.6. The molecule has 0 atom stereocenters. The van der Waals surface area contributed by atoms with Crippen LogP contribution in [-0.4, -0.2) is 25.9 Å². The summed E-state index contributed by atoms with van der Waals surface area (Å²) in [5.41, 5.74) is 0. The van der Waals surface area contributed by atoms with E-state index in [0.29, 0.717) is 0 Å². The average molecular weight is 232 g/mol. The van der Waals surface area contributed by atoms with Gasteiger partial charge in [-0.2, -0.15) is 0 Å². The summed E-state index contributed by atoms with van der Waals surface area (Å²) in [5, 5.41) is -0.426. The molecular formula is C2H2Na2O6S2. The van der Waals surface area contributed by atoms with E-state index in [2.05, 4.69) is 0 Å². The molecule has 0 aliphatic heterocycles. The molecule has 0 heterocycles. The van der Waals surface area contributed by atoms with Gasteiger partial charge >= 0.3 is 59.1 Å². The van der Waals surface area contributed by atoms with E-state index in [4.69, 9.17) is 0 Å². The first-order valence-electron chi connectivity index (χ1n) is 1.80. The van der Waals surface area contributed by atoms with E-state index in [1.54, 1.807) is 0 Å². The molecule has 0 aliphatic carbocycles. The van der Waals surface area contributed by atoms with Crippen molar-refractivity contribution in [3.63, 3.8) is 0 Å². The summed E-state index contributed by atoms with van der Waals surface area (Å²) in [6, 6.07) is 0. The van der Waals surface area contributed by atoms with Gasteiger partial charge in [0.25, 0.3) is 0 Å². The van der Waals surface area contributed by atoms with Gasteiger partial charge in [0.2, 0.25) is 0 Å². The van der Waals surface area contributed by atoms with Crippen molar-refractivity contribution < 1.29 is 85.1 Å². The molecule has 12 heavy (non-hydrogen) atoms. The summed E-state index contributed by atoms with van der Waals surface area (Å²) in [5.74, 6) is 0. The minimum atomic E-state index is -4.77. The topological polar surface area (TPSA) is 114 Å². The van der Waals surface area contributed by atoms with E-state index in [1.807, 2.05) is 0 Å². The van der Waals surface area contributed by atoms with Crippen molar-refractivity contribution in [3.05, 3.63) is 10.8 Å². The minimum Gasteiger partial charge on any atom is -0.744 e. The van der Waals surface area contributed by atoms with Crippen molar-refractivity contribution in [2.24, 2.45) is 0 Å². The number of hydrogen-bond donors (Lipinski definition) is 0. The molecule has 6 nitrogen and oxygen atoms in total. The van der Waals surface area contributed by atoms with Gasteiger partial charge in [0.15, 0.2) is 0 Å². The zero-order valence-electron chi connectivity index (χ0n) is 6.42. The first-order valence-corrected chi connectivity index (χ1v) is 4.75. The van der Waals surface area contributed by atoms with Crippen molar-refractivity contribution >= 4 is 20.2 Å². The van der Waals surface area contributed by atoms with Gasteiger partial charge in [0.05, 0.1) is 0 Å². The van der Waals surface area contributed by atoms with Crippen LogP contribution in [-0.2, 0) is 20.2 Å². The Morgan fingerprint density at radius 3 is 1.00 bits per heavy atom. The van der Waals surface area contributed by atoms with Crippen LogP contribution >= 0.6 is 0 Å². The van der Waals surface area contributed by atoms with Gasteiger partial charge in [-0.05, 0) is 0 Å². The molecule has 0 aromatic rings. The third-order valence-electron chi connectivity index (χ3n) is 0.389. The molecule has 0 saturated heterocycles. The Balaban J connectivity index is -0.000000405. The second kappa shape index (κ2) is 6.93. The van der Waals surface area contributed by atoms with Gasteiger partial charge in [0, 0.05) is 10.8 Å². The Morgan fingerprint density at radius 1 is 0.750 bits per heavy atom. The Labute approximate surface area is 114 Å². The van der Waals surface area contributed by atoms with Crippen LogP contribution in [0.3, 0.4) is 0 Å². The Kier molecular flexibility index (Phi) is 11.1. The Hall–Kier alpha value is 1.56. The monoisotopic (exact) mass is 232 g/mol. The maximum absolute atomic E-state index is 9.63. The van der Waals surface area contributed by atoms with Gasteiger partial charge in [-0.15, -0.1) is 0 Å². The van der Waals surface area contributed by atoms with Crippen molar-refractivity contribution in [1.82, 2.24) is 0 Å². The molecule has 0 saturated carbocycles. The summed E-state index contributed by atoms with van der Waals surface area (Å²) in [6.07, 6.45) is 0. The molecule has 0 N–H and O–H groups in total. The molecule has 0 fully saturated rings. The fourth-order valence-corrected chi connectivity index (χ4v) is 1.22. The fraction of sp³-hybridized carbons (Fsp3) is 0. The second-order valence-corrected chi connectivity index (χ2v) is 3.77. The van der Waals surface area contributed by atoms with E-state index >= 15 is 0 Å². The molecule has 0 unspecified atom stereocenters. The Morgan fingerprint density at radius 2 is 0.917 bits per heavy atom. The SMILES string of the molecule is O=S(=O)([O-])C=CS(=O)(=O)[O-].[Na+].[Na+]. The van der Waals surface area contributed by atoms with Crippen molar-refractivity contribution in [2.45, 2.75) is 0 Å². The first-order chi connectivity index (χ1) is 4.21. The summed E-state index contributed by atoms with van der Waals surface area (Å²) in [7, 11) is -9.53. The van der Waals surface area contributed by atoms with Crippen molar-refractivity contribution in [3.8, 4) is 0 Å². The molecule has 0 aromatic carbocycles. The molecule has 0 aliphatic rings. The number of hydrogen-bond acceptors (Lipinski definition) is 6. The van der Waals surface area contributed by atoms with Crippen LogP contribution < -0.4 is 59.1 Å². The van der Waals surface area contributed by atoms with Crippen molar-refractivity contribution in [1.29, 1.82) is 0 Å². The van der Waals surface area contributed by atoms with Crippen LogP contribution in [0.4, 0.5) is 0 Å². The zero-order chi connectivity index (χ0) is 8.41. The summed E-state index contributed by atoms with van der Waals surface area (Å²) < 4.78 is 57.8. The van der Waals surface area contributed by atoms with Crippen LogP contribution in [0.1, 0.15) is 0 Å². The quantitative estimate of drug-likeness (QED) is 0.345. The van der Waals surface area contributed by atoms with Gasteiger partial charge in [0.1, 0.15) is 20.2 Å². The minimum absolute atomic E-state index is 0. The van der Waals surface area contributed by atoms with E-state index in [-0.39, 0.29) is 69.9 Å². The summed E-state index contributed by atoms with van der Waals surface area (Å²) >= 11 is 0. The van der Waals surface area contributed by atoms with Gasteiger partial charge < -0.3 is 9.11 Å². The molecule has 0 spiro atoms. The predicted molar refractivity (Wildman–Crippen MR) is 28.5 cm³/mol. The second-order valence-electron chi connectivity index (χ2n) is 1.26. The normalized spacial score (nSPS) is 11.8. The van der Waals surface area contributed by atoms with Crippen LogP contribution in [0.5, 0.6) is 0 Å². The van der Waals surface area contributed by atoms with Crippen molar-refractivity contribution in [2.75, 3.05) is 0 Å². The molecule has 0 aromatic heterocycles. The summed E-state index contributed by atoms with van der Waals surface area (Å²) in [6.45, 7) is 0. The third-order valence-corrected chi connectivity index (χ3v) is 1.50. The predicted octanol–water partition coefficient (Wildman–Crippen LogP) is -7.44. The van der Waals surface area contributed by atoms with Crippen LogP contribution in [0.15, 0.2) is 10.8 Å². The van der Waals surface area contributed by atoms with E-state index in [0.717, 1.165) is 0 Å². The maximum Gasteiger partial charge on any atom is 1.00 e. The molecule has 10 heteroatoms. The first kappa shape index (κ1) is 19.2. The van der Waals surface area contributed by atoms with E-state index in [9.17, 15) is 25.9 Å². The van der Waals surface area contributed by atoms with Crippen LogP contribution in [0, 0.1) is 0 Å². The van der Waals surface area contributed by atoms with Gasteiger partial charge in [-0.3, -0.25) is 0 Å². The Bertz CT molecular complexity index is 291. The summed E-state index contributed by atoms with van der Waals surface area (Å²) in [4.78, 5) is 0. The molecule has 0 radical (unpaired) electrons. The molecule has 0 bridgehead atoms. The smallest absolute Gasteiger partial charge is 0.744 e. The van der Waals surface area contributed by atoms with Gasteiger partial charge in [-0.25, -0.2) is 16.8 Å². The van der Waals surface area contributed by atoms with Gasteiger partial charge in [-0.1, -0.05) is 0 Å². The van der Waals surface area contributed by atoms with E-state index < -0.39 is 20.2 Å². The number of rotatable bonds is 2. The molecule has 0 amide bonds. The fourth-order valence-electron chi connectivity index (χ4n) is 0.136. The maximum atomic E-state index is 9.63. The van der Waals surface area contributed by atoms with E-state index in [1.165, 1.54) is 0 Å². The van der Waals surface area contributed by atoms with Crippen LogP contribution in [0.2, 0.25) is 0 Å². The average Bonchev–Trinajstić information content (AvgIpc) is 1.57. The zero-order valence-corrected chi connectivity index (χ0v) is 12.1.